The number of nitrogens with one attached hydrogen (secondary N) is 1. The standard InChI is InChI=1S/C13H10FN5O/c14-9-7-17-13(19-15)18-12(9)20-11-5-1-4-10-8(11)3-2-6-16-10/h1-7H,15H2,(H,17,18,19). The molecule has 7 heteroatoms. The minimum atomic E-state index is -0.676. The van der Waals surface area contributed by atoms with Gasteiger partial charge in [0.25, 0.3) is 5.88 Å². The molecule has 3 aromatic rings. The van der Waals surface area contributed by atoms with Gasteiger partial charge in [-0.25, -0.2) is 10.8 Å². The fraction of sp³-hybridized carbons (Fsp3) is 0. The molecule has 0 saturated carbocycles. The number of nitrogens with two attached hydrogens (primary N) is 1. The average molecular weight is 271 g/mol. The molecule has 0 spiro atoms. The lowest BCUT2D eigenvalue weighted by Crippen LogP contribution is -2.11. The summed E-state index contributed by atoms with van der Waals surface area (Å²) in [5.41, 5.74) is 2.98. The third kappa shape index (κ3) is 2.21. The first-order valence-electron chi connectivity index (χ1n) is 5.78. The molecular weight excluding hydrogens is 261 g/mol. The molecule has 0 radical (unpaired) electrons. The van der Waals surface area contributed by atoms with Crippen LogP contribution in [0.2, 0.25) is 0 Å². The van der Waals surface area contributed by atoms with Crippen LogP contribution in [0.15, 0.2) is 42.7 Å². The summed E-state index contributed by atoms with van der Waals surface area (Å²) in [7, 11) is 0. The zero-order valence-electron chi connectivity index (χ0n) is 10.2. The van der Waals surface area contributed by atoms with E-state index in [-0.39, 0.29) is 11.8 Å². The zero-order chi connectivity index (χ0) is 13.9. The summed E-state index contributed by atoms with van der Waals surface area (Å²) >= 11 is 0. The number of aromatic nitrogens is 3. The minimum Gasteiger partial charge on any atom is -0.436 e. The molecule has 6 nitrogen and oxygen atoms in total. The zero-order valence-corrected chi connectivity index (χ0v) is 10.2. The minimum absolute atomic E-state index is 0.0692. The molecule has 0 aliphatic rings. The monoisotopic (exact) mass is 271 g/mol. The van der Waals surface area contributed by atoms with Crippen molar-refractivity contribution in [2.24, 2.45) is 5.84 Å². The Labute approximate surface area is 113 Å². The van der Waals surface area contributed by atoms with Crippen LogP contribution in [0.5, 0.6) is 11.6 Å². The molecule has 2 heterocycles. The number of nitrogens with zero attached hydrogens (tertiary/aromatic N) is 3. The van der Waals surface area contributed by atoms with Gasteiger partial charge < -0.3 is 4.74 Å². The van der Waals surface area contributed by atoms with E-state index in [0.717, 1.165) is 17.1 Å². The fourth-order valence-corrected chi connectivity index (χ4v) is 1.76. The molecule has 0 aliphatic carbocycles. The van der Waals surface area contributed by atoms with Crippen molar-refractivity contribution < 1.29 is 9.13 Å². The highest BCUT2D eigenvalue weighted by atomic mass is 19.1. The summed E-state index contributed by atoms with van der Waals surface area (Å²) in [6.07, 6.45) is 2.66. The Bertz CT molecular complexity index is 759. The van der Waals surface area contributed by atoms with Crippen LogP contribution in [-0.2, 0) is 0 Å². The third-order valence-electron chi connectivity index (χ3n) is 2.65. The van der Waals surface area contributed by atoms with Gasteiger partial charge in [0.1, 0.15) is 5.75 Å². The summed E-state index contributed by atoms with van der Waals surface area (Å²) in [4.78, 5) is 11.7. The van der Waals surface area contributed by atoms with E-state index in [1.165, 1.54) is 0 Å². The van der Waals surface area contributed by atoms with Crippen LogP contribution >= 0.6 is 0 Å². The molecular formula is C13H10FN5O. The Kier molecular flexibility index (Phi) is 3.10. The fourth-order valence-electron chi connectivity index (χ4n) is 1.76. The van der Waals surface area contributed by atoms with Crippen molar-refractivity contribution >= 4 is 16.9 Å². The number of hydrogen-bond acceptors (Lipinski definition) is 6. The van der Waals surface area contributed by atoms with E-state index in [0.29, 0.717) is 5.75 Å². The van der Waals surface area contributed by atoms with Crippen molar-refractivity contribution in [2.45, 2.75) is 0 Å². The molecule has 3 rings (SSSR count). The van der Waals surface area contributed by atoms with Crippen LogP contribution in [0.4, 0.5) is 10.3 Å². The van der Waals surface area contributed by atoms with Crippen molar-refractivity contribution in [3.05, 3.63) is 48.5 Å². The highest BCUT2D eigenvalue weighted by Crippen LogP contribution is 2.29. The van der Waals surface area contributed by atoms with Crippen LogP contribution in [-0.4, -0.2) is 15.0 Å². The maximum absolute atomic E-state index is 13.7. The quantitative estimate of drug-likeness (QED) is 0.561. The number of anilines is 1. The van der Waals surface area contributed by atoms with Crippen molar-refractivity contribution in [3.8, 4) is 11.6 Å². The first-order chi connectivity index (χ1) is 9.78. The smallest absolute Gasteiger partial charge is 0.260 e. The summed E-state index contributed by atoms with van der Waals surface area (Å²) in [6.45, 7) is 0. The maximum Gasteiger partial charge on any atom is 0.260 e. The number of ether oxygens (including phenoxy) is 1. The molecule has 20 heavy (non-hydrogen) atoms. The Balaban J connectivity index is 2.05. The lowest BCUT2D eigenvalue weighted by molar-refractivity contribution is 0.424. The Morgan fingerprint density at radius 2 is 2.05 bits per heavy atom. The highest BCUT2D eigenvalue weighted by Gasteiger charge is 2.11. The van der Waals surface area contributed by atoms with Crippen LogP contribution in [0.3, 0.4) is 0 Å². The number of fused-ring (bicyclic) bond motifs is 1. The molecule has 3 N–H and O–H groups in total. The molecule has 100 valence electrons. The van der Waals surface area contributed by atoms with Crippen LogP contribution in [0.1, 0.15) is 0 Å². The van der Waals surface area contributed by atoms with Gasteiger partial charge in [0.05, 0.1) is 11.7 Å². The first-order valence-corrected chi connectivity index (χ1v) is 5.78. The molecule has 0 unspecified atom stereocenters. The summed E-state index contributed by atoms with van der Waals surface area (Å²) in [5.74, 6) is 4.83. The molecule has 0 bridgehead atoms. The van der Waals surface area contributed by atoms with Gasteiger partial charge in [-0.2, -0.15) is 9.37 Å². The molecule has 0 aliphatic heterocycles. The molecule has 0 fully saturated rings. The van der Waals surface area contributed by atoms with Gasteiger partial charge in [0.2, 0.25) is 11.8 Å². The van der Waals surface area contributed by atoms with Gasteiger partial charge in [-0.3, -0.25) is 10.4 Å². The van der Waals surface area contributed by atoms with Crippen molar-refractivity contribution in [3.63, 3.8) is 0 Å². The number of hydrazine groups is 1. The van der Waals surface area contributed by atoms with E-state index >= 15 is 0 Å². The second-order valence-electron chi connectivity index (χ2n) is 3.92. The number of benzene rings is 1. The Hall–Kier alpha value is -2.80. The Morgan fingerprint density at radius 3 is 2.90 bits per heavy atom. The van der Waals surface area contributed by atoms with Gasteiger partial charge in [0.15, 0.2) is 0 Å². The normalized spacial score (nSPS) is 10.5. The van der Waals surface area contributed by atoms with Gasteiger partial charge in [-0.15, -0.1) is 0 Å². The highest BCUT2D eigenvalue weighted by molar-refractivity contribution is 5.85. The first kappa shape index (κ1) is 12.2. The van der Waals surface area contributed by atoms with Gasteiger partial charge >= 0.3 is 0 Å². The van der Waals surface area contributed by atoms with Gasteiger partial charge in [-0.05, 0) is 24.3 Å². The molecule has 2 aromatic heterocycles. The van der Waals surface area contributed by atoms with E-state index in [1.54, 1.807) is 24.4 Å². The maximum atomic E-state index is 13.7. The summed E-state index contributed by atoms with van der Waals surface area (Å²) in [5, 5.41) is 0.760. The molecule has 1 aromatic carbocycles. The predicted molar refractivity (Wildman–Crippen MR) is 71.6 cm³/mol. The second kappa shape index (κ2) is 5.06. The summed E-state index contributed by atoms with van der Waals surface area (Å²) in [6, 6.07) is 8.93. The van der Waals surface area contributed by atoms with E-state index in [1.807, 2.05) is 12.1 Å². The van der Waals surface area contributed by atoms with E-state index in [4.69, 9.17) is 10.6 Å². The van der Waals surface area contributed by atoms with Crippen LogP contribution < -0.4 is 16.0 Å². The van der Waals surface area contributed by atoms with E-state index in [9.17, 15) is 4.39 Å². The van der Waals surface area contributed by atoms with Crippen molar-refractivity contribution in [1.82, 2.24) is 15.0 Å². The van der Waals surface area contributed by atoms with Gasteiger partial charge in [0, 0.05) is 11.6 Å². The van der Waals surface area contributed by atoms with Crippen molar-refractivity contribution in [1.29, 1.82) is 0 Å². The second-order valence-corrected chi connectivity index (χ2v) is 3.92. The lowest BCUT2D eigenvalue weighted by atomic mass is 10.2. The SMILES string of the molecule is NNc1ncc(F)c(Oc2cccc3ncccc23)n1. The number of pyridine rings is 1. The summed E-state index contributed by atoms with van der Waals surface area (Å²) < 4.78 is 19.2. The predicted octanol–water partition coefficient (Wildman–Crippen LogP) is 2.24. The van der Waals surface area contributed by atoms with Crippen molar-refractivity contribution in [2.75, 3.05) is 5.43 Å². The largest absolute Gasteiger partial charge is 0.436 e. The number of nitrogen functional groups attached to an aromatic ring is 1. The Morgan fingerprint density at radius 1 is 1.15 bits per heavy atom. The number of rotatable bonds is 3. The topological polar surface area (TPSA) is 86.0 Å². The van der Waals surface area contributed by atoms with Crippen LogP contribution in [0, 0.1) is 5.82 Å². The molecule has 0 atom stereocenters. The molecule has 0 amide bonds. The van der Waals surface area contributed by atoms with E-state index < -0.39 is 5.82 Å². The number of hydrogen-bond donors (Lipinski definition) is 2. The van der Waals surface area contributed by atoms with Gasteiger partial charge in [-0.1, -0.05) is 6.07 Å². The van der Waals surface area contributed by atoms with E-state index in [2.05, 4.69) is 20.4 Å². The number of halogens is 1. The van der Waals surface area contributed by atoms with Crippen LogP contribution in [0.25, 0.3) is 10.9 Å². The average Bonchev–Trinajstić information content (AvgIpc) is 2.50. The lowest BCUT2D eigenvalue weighted by Gasteiger charge is -2.09. The third-order valence-corrected chi connectivity index (χ3v) is 2.65. The molecule has 0 saturated heterocycles.